The summed E-state index contributed by atoms with van der Waals surface area (Å²) in [6, 6.07) is 11.3. The summed E-state index contributed by atoms with van der Waals surface area (Å²) in [4.78, 5) is 12.5. The molecule has 1 amide bonds. The highest BCUT2D eigenvalue weighted by molar-refractivity contribution is 8.01. The van der Waals surface area contributed by atoms with Gasteiger partial charge in [-0.05, 0) is 48.2 Å². The van der Waals surface area contributed by atoms with Gasteiger partial charge in [0.25, 0.3) is 0 Å². The van der Waals surface area contributed by atoms with E-state index in [2.05, 4.69) is 25.6 Å². The minimum absolute atomic E-state index is 0.129. The molecular weight excluding hydrogens is 461 g/mol. The number of nitrogens with zero attached hydrogens (tertiary/aromatic N) is 2. The van der Waals surface area contributed by atoms with Crippen LogP contribution in [-0.2, 0) is 17.6 Å². The molecule has 0 atom stereocenters. The number of para-hydroxylation sites is 1. The Morgan fingerprint density at radius 3 is 2.31 bits per heavy atom. The van der Waals surface area contributed by atoms with Crippen molar-refractivity contribution in [3.05, 3.63) is 53.6 Å². The lowest BCUT2D eigenvalue weighted by atomic mass is 10.0. The minimum Gasteiger partial charge on any atom is -0.406 e. The number of aryl methyl sites for hydroxylation is 2. The molecule has 0 spiro atoms. The highest BCUT2D eigenvalue weighted by Crippen LogP contribution is 2.30. The number of amides is 1. The molecule has 11 heteroatoms. The minimum atomic E-state index is -4.73. The fourth-order valence-corrected chi connectivity index (χ4v) is 4.46. The van der Waals surface area contributed by atoms with E-state index < -0.39 is 6.36 Å². The number of carbonyl (C=O) groups is 1. The summed E-state index contributed by atoms with van der Waals surface area (Å²) < 4.78 is 41.1. The molecule has 0 saturated heterocycles. The lowest BCUT2D eigenvalue weighted by Gasteiger charge is -2.14. The molecule has 1 aromatic heterocycles. The standard InChI is InChI=1S/C21H21F3N4O2S2/c1-3-13-6-5-7-14(4-2)18(13)26-17(29)12-31-20-28-27-19(32-20)25-15-8-10-16(11-9-15)30-21(22,23)24/h5-11H,3-4,12H2,1-2H3,(H,25,27)(H,26,29). The maximum Gasteiger partial charge on any atom is 0.573 e. The van der Waals surface area contributed by atoms with Crippen LogP contribution >= 0.6 is 23.1 Å². The molecule has 0 aliphatic rings. The van der Waals surface area contributed by atoms with Gasteiger partial charge in [0.1, 0.15) is 5.75 Å². The molecular formula is C21H21F3N4O2S2. The quantitative estimate of drug-likeness (QED) is 0.363. The molecule has 3 rings (SSSR count). The first-order valence-corrected chi connectivity index (χ1v) is 11.6. The summed E-state index contributed by atoms with van der Waals surface area (Å²) in [6.45, 7) is 4.09. The number of carbonyl (C=O) groups excluding carboxylic acids is 1. The van der Waals surface area contributed by atoms with E-state index in [1.165, 1.54) is 47.4 Å². The Kier molecular flexibility index (Phi) is 7.97. The van der Waals surface area contributed by atoms with Crippen molar-refractivity contribution in [2.45, 2.75) is 37.4 Å². The van der Waals surface area contributed by atoms with Crippen LogP contribution in [0.2, 0.25) is 0 Å². The molecule has 0 bridgehead atoms. The second-order valence-corrected chi connectivity index (χ2v) is 8.77. The maximum atomic E-state index is 12.5. The SMILES string of the molecule is CCc1cccc(CC)c1NC(=O)CSc1nnc(Nc2ccc(OC(F)(F)F)cc2)s1. The van der Waals surface area contributed by atoms with Crippen molar-refractivity contribution in [1.29, 1.82) is 0 Å². The van der Waals surface area contributed by atoms with Gasteiger partial charge in [0.2, 0.25) is 11.0 Å². The molecule has 0 aliphatic carbocycles. The molecule has 6 nitrogen and oxygen atoms in total. The van der Waals surface area contributed by atoms with Gasteiger partial charge in [0, 0.05) is 11.4 Å². The summed E-state index contributed by atoms with van der Waals surface area (Å²) in [7, 11) is 0. The molecule has 2 N–H and O–H groups in total. The zero-order chi connectivity index (χ0) is 23.1. The van der Waals surface area contributed by atoms with Gasteiger partial charge >= 0.3 is 6.36 Å². The number of rotatable bonds is 9. The van der Waals surface area contributed by atoms with Gasteiger partial charge in [0.05, 0.1) is 5.75 Å². The van der Waals surface area contributed by atoms with E-state index in [9.17, 15) is 18.0 Å². The monoisotopic (exact) mass is 482 g/mol. The zero-order valence-corrected chi connectivity index (χ0v) is 19.0. The number of benzene rings is 2. The third-order valence-corrected chi connectivity index (χ3v) is 6.31. The molecule has 2 aromatic carbocycles. The van der Waals surface area contributed by atoms with Crippen LogP contribution in [0.1, 0.15) is 25.0 Å². The Bertz CT molecular complexity index is 1030. The van der Waals surface area contributed by atoms with Gasteiger partial charge in [-0.2, -0.15) is 0 Å². The Hall–Kier alpha value is -2.79. The van der Waals surface area contributed by atoms with Crippen molar-refractivity contribution in [3.63, 3.8) is 0 Å². The summed E-state index contributed by atoms with van der Waals surface area (Å²) in [5.74, 6) is -0.256. The average molecular weight is 483 g/mol. The lowest BCUT2D eigenvalue weighted by Crippen LogP contribution is -2.16. The average Bonchev–Trinajstić information content (AvgIpc) is 3.20. The normalized spacial score (nSPS) is 11.3. The Morgan fingerprint density at radius 2 is 1.72 bits per heavy atom. The predicted molar refractivity (Wildman–Crippen MR) is 121 cm³/mol. The highest BCUT2D eigenvalue weighted by atomic mass is 32.2. The zero-order valence-electron chi connectivity index (χ0n) is 17.3. The number of anilines is 3. The van der Waals surface area contributed by atoms with Crippen molar-refractivity contribution < 1.29 is 22.7 Å². The Morgan fingerprint density at radius 1 is 1.06 bits per heavy atom. The molecule has 0 aliphatic heterocycles. The van der Waals surface area contributed by atoms with Crippen LogP contribution in [0.5, 0.6) is 5.75 Å². The predicted octanol–water partition coefficient (Wildman–Crippen LogP) is 6.04. The number of hydrogen-bond acceptors (Lipinski definition) is 7. The van der Waals surface area contributed by atoms with E-state index in [1.54, 1.807) is 0 Å². The Labute approximate surface area is 191 Å². The second-order valence-electron chi connectivity index (χ2n) is 6.57. The van der Waals surface area contributed by atoms with Crippen LogP contribution in [0.25, 0.3) is 0 Å². The van der Waals surface area contributed by atoms with Gasteiger partial charge in [-0.15, -0.1) is 23.4 Å². The Balaban J connectivity index is 1.54. The number of hydrogen-bond donors (Lipinski definition) is 2. The van der Waals surface area contributed by atoms with E-state index in [1.807, 2.05) is 32.0 Å². The van der Waals surface area contributed by atoms with Crippen molar-refractivity contribution in [1.82, 2.24) is 10.2 Å². The van der Waals surface area contributed by atoms with Crippen molar-refractivity contribution in [3.8, 4) is 5.75 Å². The van der Waals surface area contributed by atoms with Crippen LogP contribution in [0.3, 0.4) is 0 Å². The van der Waals surface area contributed by atoms with Crippen LogP contribution in [-0.4, -0.2) is 28.2 Å². The molecule has 0 radical (unpaired) electrons. The van der Waals surface area contributed by atoms with E-state index >= 15 is 0 Å². The third kappa shape index (κ3) is 6.86. The molecule has 0 saturated carbocycles. The van der Waals surface area contributed by atoms with Crippen LogP contribution in [0.15, 0.2) is 46.8 Å². The highest BCUT2D eigenvalue weighted by Gasteiger charge is 2.30. The third-order valence-electron chi connectivity index (χ3n) is 4.34. The van der Waals surface area contributed by atoms with Crippen LogP contribution in [0, 0.1) is 0 Å². The number of alkyl halides is 3. The number of ether oxygens (including phenoxy) is 1. The summed E-state index contributed by atoms with van der Waals surface area (Å²) >= 11 is 2.51. The molecule has 32 heavy (non-hydrogen) atoms. The van der Waals surface area contributed by atoms with Gasteiger partial charge in [-0.3, -0.25) is 4.79 Å². The van der Waals surface area contributed by atoms with Crippen molar-refractivity contribution >= 4 is 45.5 Å². The van der Waals surface area contributed by atoms with Gasteiger partial charge in [0.15, 0.2) is 4.34 Å². The number of thioether (sulfide) groups is 1. The van der Waals surface area contributed by atoms with Crippen molar-refractivity contribution in [2.24, 2.45) is 0 Å². The molecule has 0 unspecified atom stereocenters. The summed E-state index contributed by atoms with van der Waals surface area (Å²) in [5.41, 5.74) is 3.60. The number of halogens is 3. The largest absolute Gasteiger partial charge is 0.573 e. The van der Waals surface area contributed by atoms with Gasteiger partial charge in [-0.25, -0.2) is 0 Å². The maximum absolute atomic E-state index is 12.5. The van der Waals surface area contributed by atoms with Crippen molar-refractivity contribution in [2.75, 3.05) is 16.4 Å². The van der Waals surface area contributed by atoms with E-state index in [0.29, 0.717) is 15.2 Å². The number of nitrogens with one attached hydrogen (secondary N) is 2. The first-order chi connectivity index (χ1) is 15.3. The second kappa shape index (κ2) is 10.7. The van der Waals surface area contributed by atoms with E-state index in [-0.39, 0.29) is 17.4 Å². The van der Waals surface area contributed by atoms with E-state index in [4.69, 9.17) is 0 Å². The fraction of sp³-hybridized carbons (Fsp3) is 0.286. The molecule has 170 valence electrons. The van der Waals surface area contributed by atoms with Crippen LogP contribution < -0.4 is 15.4 Å². The van der Waals surface area contributed by atoms with Gasteiger partial charge < -0.3 is 15.4 Å². The lowest BCUT2D eigenvalue weighted by molar-refractivity contribution is -0.274. The molecule has 0 fully saturated rings. The number of aromatic nitrogens is 2. The smallest absolute Gasteiger partial charge is 0.406 e. The first kappa shape index (κ1) is 23.9. The molecule has 1 heterocycles. The van der Waals surface area contributed by atoms with Crippen LogP contribution in [0.4, 0.5) is 29.7 Å². The summed E-state index contributed by atoms with van der Waals surface area (Å²) in [6.07, 6.45) is -3.08. The topological polar surface area (TPSA) is 76.1 Å². The van der Waals surface area contributed by atoms with E-state index in [0.717, 1.165) is 29.7 Å². The fourth-order valence-electron chi connectivity index (χ4n) is 2.89. The van der Waals surface area contributed by atoms with Gasteiger partial charge in [-0.1, -0.05) is 55.1 Å². The molecule has 3 aromatic rings. The summed E-state index contributed by atoms with van der Waals surface area (Å²) in [5, 5.41) is 14.5. The first-order valence-electron chi connectivity index (χ1n) is 9.77.